The molecule has 0 unspecified atom stereocenters. The molecule has 1 amide bonds. The minimum Gasteiger partial charge on any atom is -0.506 e. The van der Waals surface area contributed by atoms with Gasteiger partial charge in [-0.1, -0.05) is 11.8 Å². The van der Waals surface area contributed by atoms with E-state index in [2.05, 4.69) is 11.8 Å². The molecular weight excluding hydrogens is 313 g/mol. The first-order chi connectivity index (χ1) is 10.2. The highest BCUT2D eigenvalue weighted by atomic mass is 32.2. The average molecular weight is 327 g/mol. The molecule has 1 aliphatic heterocycles. The molecule has 22 heavy (non-hydrogen) atoms. The molecule has 4 N–H and O–H groups in total. The van der Waals surface area contributed by atoms with E-state index in [4.69, 9.17) is 5.73 Å². The van der Waals surface area contributed by atoms with Gasteiger partial charge in [0.25, 0.3) is 5.91 Å². The van der Waals surface area contributed by atoms with Gasteiger partial charge in [0.15, 0.2) is 5.82 Å². The summed E-state index contributed by atoms with van der Waals surface area (Å²) in [4.78, 5) is 11.2. The maximum atomic E-state index is 14.4. The summed E-state index contributed by atoms with van der Waals surface area (Å²) >= 11 is 0. The normalized spacial score (nSPS) is 17.6. The number of carbonyl (C=O) groups excluding carboxylic acids is 1. The molecule has 118 valence electrons. The first kappa shape index (κ1) is 16.1. The molecule has 1 aromatic rings. The van der Waals surface area contributed by atoms with Gasteiger partial charge in [-0.2, -0.15) is 8.42 Å². The van der Waals surface area contributed by atoms with Crippen LogP contribution < -0.4 is 14.8 Å². The number of hydrogen-bond acceptors (Lipinski definition) is 5. The topological polar surface area (TPSA) is 113 Å². The van der Waals surface area contributed by atoms with E-state index >= 15 is 0 Å². The van der Waals surface area contributed by atoms with Gasteiger partial charge in [0, 0.05) is 12.5 Å². The van der Waals surface area contributed by atoms with E-state index in [1.165, 1.54) is 6.07 Å². The van der Waals surface area contributed by atoms with Crippen molar-refractivity contribution in [3.05, 3.63) is 23.5 Å². The molecule has 0 spiro atoms. The highest BCUT2D eigenvalue weighted by molar-refractivity contribution is 7.92. The van der Waals surface area contributed by atoms with Crippen LogP contribution in [0, 0.1) is 17.7 Å². The van der Waals surface area contributed by atoms with E-state index in [0.717, 1.165) is 6.07 Å². The summed E-state index contributed by atoms with van der Waals surface area (Å²) in [5.74, 6) is 2.76. The standard InChI is InChI=1S/C13H14FN3O4S/c1-8(15)3-2-4-9-5-6-10(18)13(12(9)14)17-7-11(19)16-22(17,20)21/h5-6,8,18H,3,7,15H2,1H3,(H,16,19)/t8-/m1/s1. The van der Waals surface area contributed by atoms with Gasteiger partial charge in [-0.3, -0.25) is 4.79 Å². The van der Waals surface area contributed by atoms with Crippen LogP contribution in [0.2, 0.25) is 0 Å². The number of aromatic hydroxyl groups is 1. The molecule has 0 radical (unpaired) electrons. The number of nitrogens with two attached hydrogens (primary N) is 1. The quantitative estimate of drug-likeness (QED) is 0.651. The maximum Gasteiger partial charge on any atom is 0.326 e. The number of phenolic OH excluding ortho intramolecular Hbond substituents is 1. The molecular formula is C13H14FN3O4S. The van der Waals surface area contributed by atoms with Crippen LogP contribution in [0.3, 0.4) is 0 Å². The van der Waals surface area contributed by atoms with E-state index in [0.29, 0.717) is 10.7 Å². The summed E-state index contributed by atoms with van der Waals surface area (Å²) in [6, 6.07) is 2.15. The lowest BCUT2D eigenvalue weighted by Crippen LogP contribution is -2.30. The van der Waals surface area contributed by atoms with Gasteiger partial charge in [-0.15, -0.1) is 0 Å². The number of anilines is 1. The fraction of sp³-hybridized carbons (Fsp3) is 0.308. The predicted molar refractivity (Wildman–Crippen MR) is 77.6 cm³/mol. The zero-order valence-corrected chi connectivity index (χ0v) is 12.4. The van der Waals surface area contributed by atoms with Crippen LogP contribution in [-0.4, -0.2) is 32.0 Å². The van der Waals surface area contributed by atoms with Gasteiger partial charge in [0.2, 0.25) is 0 Å². The fourth-order valence-electron chi connectivity index (χ4n) is 1.84. The summed E-state index contributed by atoms with van der Waals surface area (Å²) in [5.41, 5.74) is 4.83. The molecule has 1 fully saturated rings. The first-order valence-corrected chi connectivity index (χ1v) is 7.75. The second kappa shape index (κ2) is 5.82. The zero-order chi connectivity index (χ0) is 16.5. The number of amides is 1. The summed E-state index contributed by atoms with van der Waals surface area (Å²) in [7, 11) is -4.22. The highest BCUT2D eigenvalue weighted by Gasteiger charge is 2.37. The van der Waals surface area contributed by atoms with Crippen LogP contribution >= 0.6 is 0 Å². The molecule has 7 nitrogen and oxygen atoms in total. The van der Waals surface area contributed by atoms with E-state index in [9.17, 15) is 22.7 Å². The Kier molecular flexibility index (Phi) is 4.25. The molecule has 9 heteroatoms. The monoisotopic (exact) mass is 327 g/mol. The van der Waals surface area contributed by atoms with Crippen molar-refractivity contribution in [1.82, 2.24) is 4.72 Å². The number of nitrogens with one attached hydrogen (secondary N) is 1. The lowest BCUT2D eigenvalue weighted by molar-refractivity contribution is -0.117. The number of phenols is 1. The van der Waals surface area contributed by atoms with E-state index < -0.39 is 39.9 Å². The molecule has 1 aromatic carbocycles. The Morgan fingerprint density at radius 3 is 2.77 bits per heavy atom. The van der Waals surface area contributed by atoms with Gasteiger partial charge >= 0.3 is 10.2 Å². The molecule has 0 bridgehead atoms. The van der Waals surface area contributed by atoms with Crippen molar-refractivity contribution >= 4 is 21.8 Å². The molecule has 1 heterocycles. The van der Waals surface area contributed by atoms with Crippen LogP contribution in [0.15, 0.2) is 12.1 Å². The predicted octanol–water partition coefficient (Wildman–Crippen LogP) is -0.199. The minimum absolute atomic E-state index is 0.0944. The van der Waals surface area contributed by atoms with Gasteiger partial charge in [0.05, 0.1) is 5.56 Å². The first-order valence-electron chi connectivity index (χ1n) is 6.31. The lowest BCUT2D eigenvalue weighted by Gasteiger charge is -2.17. The third-order valence-corrected chi connectivity index (χ3v) is 4.19. The number of rotatable bonds is 2. The van der Waals surface area contributed by atoms with Crippen LogP contribution in [0.5, 0.6) is 5.75 Å². The second-order valence-corrected chi connectivity index (χ2v) is 6.41. The van der Waals surface area contributed by atoms with Crippen molar-refractivity contribution in [3.8, 4) is 17.6 Å². The Morgan fingerprint density at radius 2 is 2.23 bits per heavy atom. The van der Waals surface area contributed by atoms with Crippen molar-refractivity contribution in [1.29, 1.82) is 0 Å². The zero-order valence-electron chi connectivity index (χ0n) is 11.6. The van der Waals surface area contributed by atoms with Crippen molar-refractivity contribution in [2.24, 2.45) is 5.73 Å². The summed E-state index contributed by atoms with van der Waals surface area (Å²) < 4.78 is 40.1. The van der Waals surface area contributed by atoms with Gasteiger partial charge in [-0.25, -0.2) is 13.4 Å². The van der Waals surface area contributed by atoms with Crippen LogP contribution in [0.4, 0.5) is 10.1 Å². The van der Waals surface area contributed by atoms with Gasteiger partial charge in [-0.05, 0) is 19.1 Å². The second-order valence-electron chi connectivity index (χ2n) is 4.81. The van der Waals surface area contributed by atoms with Crippen LogP contribution in [0.1, 0.15) is 18.9 Å². The van der Waals surface area contributed by atoms with Gasteiger partial charge < -0.3 is 10.8 Å². The third kappa shape index (κ3) is 3.13. The maximum absolute atomic E-state index is 14.4. The number of halogens is 1. The minimum atomic E-state index is -4.22. The molecule has 1 saturated heterocycles. The van der Waals surface area contributed by atoms with Crippen molar-refractivity contribution in [3.63, 3.8) is 0 Å². The smallest absolute Gasteiger partial charge is 0.326 e. The Balaban J connectivity index is 2.48. The number of benzene rings is 1. The van der Waals surface area contributed by atoms with Crippen molar-refractivity contribution < 1.29 is 22.7 Å². The van der Waals surface area contributed by atoms with Gasteiger partial charge in [0.1, 0.15) is 18.0 Å². The SMILES string of the molecule is C[C@@H](N)CC#Cc1ccc(O)c(N2CC(=O)NS2(=O)=O)c1F. The summed E-state index contributed by atoms with van der Waals surface area (Å²) in [5, 5.41) is 9.75. The molecule has 0 aromatic heterocycles. The Morgan fingerprint density at radius 1 is 1.55 bits per heavy atom. The van der Waals surface area contributed by atoms with E-state index in [1.54, 1.807) is 11.6 Å². The number of nitrogens with zero attached hydrogens (tertiary/aromatic N) is 1. The highest BCUT2D eigenvalue weighted by Crippen LogP contribution is 2.34. The summed E-state index contributed by atoms with van der Waals surface area (Å²) in [6.45, 7) is 1.13. The molecule has 1 aliphatic rings. The van der Waals surface area contributed by atoms with Crippen molar-refractivity contribution in [2.45, 2.75) is 19.4 Å². The van der Waals surface area contributed by atoms with Crippen molar-refractivity contribution in [2.75, 3.05) is 10.8 Å². The lowest BCUT2D eigenvalue weighted by atomic mass is 10.1. The summed E-state index contributed by atoms with van der Waals surface area (Å²) in [6.07, 6.45) is 0.331. The Hall–Kier alpha value is -2.31. The fourth-order valence-corrected chi connectivity index (χ4v) is 3.00. The average Bonchev–Trinajstić information content (AvgIpc) is 2.65. The van der Waals surface area contributed by atoms with E-state index in [1.807, 2.05) is 0 Å². The molecule has 2 rings (SSSR count). The van der Waals surface area contributed by atoms with E-state index in [-0.39, 0.29) is 11.6 Å². The number of carbonyl (C=O) groups is 1. The number of hydrogen-bond donors (Lipinski definition) is 3. The van der Waals surface area contributed by atoms with Crippen LogP contribution in [0.25, 0.3) is 0 Å². The Bertz CT molecular complexity index is 780. The molecule has 0 saturated carbocycles. The largest absolute Gasteiger partial charge is 0.506 e. The Labute approximate surface area is 127 Å². The molecule has 0 aliphatic carbocycles. The van der Waals surface area contributed by atoms with Crippen LogP contribution in [-0.2, 0) is 15.0 Å². The molecule has 1 atom stereocenters. The third-order valence-electron chi connectivity index (χ3n) is 2.81.